The molecule has 23 heavy (non-hydrogen) atoms. The summed E-state index contributed by atoms with van der Waals surface area (Å²) in [7, 11) is 0. The monoisotopic (exact) mass is 322 g/mol. The van der Waals surface area contributed by atoms with Crippen molar-refractivity contribution in [2.45, 2.75) is 17.1 Å². The van der Waals surface area contributed by atoms with Crippen molar-refractivity contribution < 1.29 is 9.53 Å². The van der Waals surface area contributed by atoms with Gasteiger partial charge in [0.1, 0.15) is 5.25 Å². The van der Waals surface area contributed by atoms with Crippen molar-refractivity contribution in [1.29, 1.82) is 0 Å². The number of hydrogen-bond donors (Lipinski definition) is 0. The normalized spacial score (nSPS) is 12.0. The van der Waals surface area contributed by atoms with E-state index in [4.69, 9.17) is 4.74 Å². The van der Waals surface area contributed by atoms with Crippen molar-refractivity contribution in [3.05, 3.63) is 78.4 Å². The first-order valence-electron chi connectivity index (χ1n) is 7.65. The van der Waals surface area contributed by atoms with Crippen LogP contribution in [0.15, 0.2) is 77.7 Å². The second kappa shape index (κ2) is 7.34. The summed E-state index contributed by atoms with van der Waals surface area (Å²) < 4.78 is 5.32. The molecule has 116 valence electrons. The number of benzene rings is 3. The first kappa shape index (κ1) is 15.6. The second-order valence-corrected chi connectivity index (χ2v) is 6.31. The Kier molecular flexibility index (Phi) is 4.99. The fourth-order valence-electron chi connectivity index (χ4n) is 2.57. The molecule has 2 nitrogen and oxygen atoms in total. The van der Waals surface area contributed by atoms with E-state index < -0.39 is 0 Å². The summed E-state index contributed by atoms with van der Waals surface area (Å²) in [4.78, 5) is 13.6. The third-order valence-corrected chi connectivity index (χ3v) is 4.83. The first-order valence-corrected chi connectivity index (χ1v) is 8.53. The summed E-state index contributed by atoms with van der Waals surface area (Å²) in [6.07, 6.45) is 0. The van der Waals surface area contributed by atoms with Crippen molar-refractivity contribution in [2.24, 2.45) is 0 Å². The molecule has 3 aromatic carbocycles. The van der Waals surface area contributed by atoms with Gasteiger partial charge in [0.15, 0.2) is 0 Å². The average molecular weight is 322 g/mol. The molecule has 0 bridgehead atoms. The van der Waals surface area contributed by atoms with E-state index in [1.54, 1.807) is 0 Å². The molecule has 0 fully saturated rings. The van der Waals surface area contributed by atoms with Crippen molar-refractivity contribution in [3.63, 3.8) is 0 Å². The lowest BCUT2D eigenvalue weighted by molar-refractivity contribution is -0.142. The van der Waals surface area contributed by atoms with Crippen LogP contribution >= 0.6 is 11.8 Å². The van der Waals surface area contributed by atoms with Crippen LogP contribution in [0.4, 0.5) is 0 Å². The van der Waals surface area contributed by atoms with E-state index in [1.165, 1.54) is 11.8 Å². The molecular weight excluding hydrogens is 304 g/mol. The van der Waals surface area contributed by atoms with Gasteiger partial charge in [0.2, 0.25) is 0 Å². The van der Waals surface area contributed by atoms with Crippen molar-refractivity contribution in [1.82, 2.24) is 0 Å². The Balaban J connectivity index is 2.04. The van der Waals surface area contributed by atoms with Crippen LogP contribution in [-0.2, 0) is 9.53 Å². The largest absolute Gasteiger partial charge is 0.465 e. The Morgan fingerprint density at radius 3 is 2.43 bits per heavy atom. The Morgan fingerprint density at radius 1 is 0.957 bits per heavy atom. The van der Waals surface area contributed by atoms with Crippen LogP contribution in [0.2, 0.25) is 0 Å². The highest BCUT2D eigenvalue weighted by Gasteiger charge is 2.25. The average Bonchev–Trinajstić information content (AvgIpc) is 2.60. The summed E-state index contributed by atoms with van der Waals surface area (Å²) in [5.41, 5.74) is 0.996. The highest BCUT2D eigenvalue weighted by atomic mass is 32.2. The topological polar surface area (TPSA) is 26.3 Å². The van der Waals surface area contributed by atoms with Gasteiger partial charge in [0, 0.05) is 4.90 Å². The Hall–Kier alpha value is -2.26. The number of carbonyl (C=O) groups is 1. The van der Waals surface area contributed by atoms with Crippen molar-refractivity contribution in [3.8, 4) is 0 Å². The maximum atomic E-state index is 12.5. The number of carbonyl (C=O) groups excluding carboxylic acids is 1. The molecule has 0 saturated carbocycles. The minimum Gasteiger partial charge on any atom is -0.465 e. The molecule has 0 aliphatic heterocycles. The summed E-state index contributed by atoms with van der Waals surface area (Å²) in [5.74, 6) is -0.197. The minimum absolute atomic E-state index is 0.197. The third-order valence-electron chi connectivity index (χ3n) is 3.60. The number of hydrogen-bond acceptors (Lipinski definition) is 3. The van der Waals surface area contributed by atoms with Gasteiger partial charge >= 0.3 is 5.97 Å². The van der Waals surface area contributed by atoms with E-state index in [-0.39, 0.29) is 11.2 Å². The molecule has 0 spiro atoms. The highest BCUT2D eigenvalue weighted by molar-refractivity contribution is 8.00. The minimum atomic E-state index is -0.372. The zero-order valence-electron chi connectivity index (χ0n) is 12.9. The molecule has 0 heterocycles. The molecule has 1 unspecified atom stereocenters. The van der Waals surface area contributed by atoms with Crippen LogP contribution in [0.3, 0.4) is 0 Å². The fourth-order valence-corrected chi connectivity index (χ4v) is 3.65. The molecule has 0 radical (unpaired) electrons. The lowest BCUT2D eigenvalue weighted by atomic mass is 10.0. The molecule has 0 aliphatic carbocycles. The predicted octanol–water partition coefficient (Wildman–Crippen LogP) is 5.24. The van der Waals surface area contributed by atoms with Gasteiger partial charge < -0.3 is 4.74 Å². The van der Waals surface area contributed by atoms with E-state index in [9.17, 15) is 4.79 Å². The zero-order valence-corrected chi connectivity index (χ0v) is 13.8. The Morgan fingerprint density at radius 2 is 1.65 bits per heavy atom. The van der Waals surface area contributed by atoms with E-state index in [0.29, 0.717) is 6.61 Å². The number of rotatable bonds is 5. The molecular formula is C20H18O2S. The first-order chi connectivity index (χ1) is 11.3. The lowest BCUT2D eigenvalue weighted by Gasteiger charge is -2.17. The van der Waals surface area contributed by atoms with Crippen LogP contribution in [-0.4, -0.2) is 12.6 Å². The molecule has 1 atom stereocenters. The quantitative estimate of drug-likeness (QED) is 0.475. The Labute approximate surface area is 140 Å². The van der Waals surface area contributed by atoms with E-state index in [0.717, 1.165) is 21.2 Å². The summed E-state index contributed by atoms with van der Waals surface area (Å²) in [6, 6.07) is 24.2. The van der Waals surface area contributed by atoms with Crippen LogP contribution in [0, 0.1) is 0 Å². The molecule has 0 aromatic heterocycles. The van der Waals surface area contributed by atoms with Crippen molar-refractivity contribution >= 4 is 28.5 Å². The molecule has 0 N–H and O–H groups in total. The standard InChI is InChI=1S/C20H18O2S/c1-2-22-20(21)19(23-16-11-4-3-5-12-16)18-14-8-10-15-9-6-7-13-17(15)18/h3-14,19H,2H2,1H3. The van der Waals surface area contributed by atoms with Crippen molar-refractivity contribution in [2.75, 3.05) is 6.61 Å². The van der Waals surface area contributed by atoms with Gasteiger partial charge in [0.25, 0.3) is 0 Å². The maximum Gasteiger partial charge on any atom is 0.323 e. The molecule has 3 heteroatoms. The second-order valence-electron chi connectivity index (χ2n) is 5.13. The highest BCUT2D eigenvalue weighted by Crippen LogP contribution is 2.39. The summed E-state index contributed by atoms with van der Waals surface area (Å²) in [5, 5.41) is 1.85. The van der Waals surface area contributed by atoms with Gasteiger partial charge in [0.05, 0.1) is 6.61 Å². The molecule has 3 rings (SSSR count). The predicted molar refractivity (Wildman–Crippen MR) is 95.6 cm³/mol. The SMILES string of the molecule is CCOC(=O)C(Sc1ccccc1)c1cccc2ccccc12. The van der Waals surface area contributed by atoms with E-state index in [1.807, 2.05) is 61.5 Å². The molecule has 0 aliphatic rings. The maximum absolute atomic E-state index is 12.5. The van der Waals surface area contributed by atoms with E-state index >= 15 is 0 Å². The van der Waals surface area contributed by atoms with Gasteiger partial charge in [-0.25, -0.2) is 0 Å². The van der Waals surface area contributed by atoms with Gasteiger partial charge in [-0.05, 0) is 35.4 Å². The van der Waals surface area contributed by atoms with Crippen LogP contribution in [0.1, 0.15) is 17.7 Å². The number of esters is 1. The number of ether oxygens (including phenoxy) is 1. The van der Waals surface area contributed by atoms with Crippen LogP contribution in [0.5, 0.6) is 0 Å². The van der Waals surface area contributed by atoms with Gasteiger partial charge in [-0.3, -0.25) is 4.79 Å². The number of fused-ring (bicyclic) bond motifs is 1. The number of thioether (sulfide) groups is 1. The zero-order chi connectivity index (χ0) is 16.1. The lowest BCUT2D eigenvalue weighted by Crippen LogP contribution is -2.13. The van der Waals surface area contributed by atoms with Gasteiger partial charge in [-0.1, -0.05) is 60.7 Å². The summed E-state index contributed by atoms with van der Waals surface area (Å²) in [6.45, 7) is 2.22. The third kappa shape index (κ3) is 3.57. The van der Waals surface area contributed by atoms with Gasteiger partial charge in [-0.2, -0.15) is 0 Å². The smallest absolute Gasteiger partial charge is 0.323 e. The van der Waals surface area contributed by atoms with Crippen LogP contribution in [0.25, 0.3) is 10.8 Å². The molecule has 0 amide bonds. The van der Waals surface area contributed by atoms with Gasteiger partial charge in [-0.15, -0.1) is 11.8 Å². The molecule has 3 aromatic rings. The molecule has 0 saturated heterocycles. The fraction of sp³-hybridized carbons (Fsp3) is 0.150. The van der Waals surface area contributed by atoms with Crippen LogP contribution < -0.4 is 0 Å². The van der Waals surface area contributed by atoms with E-state index in [2.05, 4.69) is 18.2 Å². The summed E-state index contributed by atoms with van der Waals surface area (Å²) >= 11 is 1.53. The Bertz CT molecular complexity index is 794.